The molecule has 128 valence electrons. The van der Waals surface area contributed by atoms with Gasteiger partial charge in [0.2, 0.25) is 5.78 Å². The van der Waals surface area contributed by atoms with E-state index in [2.05, 4.69) is 20.9 Å². The van der Waals surface area contributed by atoms with E-state index in [-0.39, 0.29) is 23.3 Å². The van der Waals surface area contributed by atoms with E-state index in [1.807, 2.05) is 18.2 Å². The molecule has 0 amide bonds. The summed E-state index contributed by atoms with van der Waals surface area (Å²) in [4.78, 5) is 28.1. The highest BCUT2D eigenvalue weighted by molar-refractivity contribution is 9.10. The van der Waals surface area contributed by atoms with E-state index in [0.29, 0.717) is 17.0 Å². The van der Waals surface area contributed by atoms with Gasteiger partial charge in [-0.2, -0.15) is 5.26 Å². The average Bonchev–Trinajstić information content (AvgIpc) is 2.86. The molecular formula is C19H17BrN2O3. The molecule has 0 aliphatic heterocycles. The topological polar surface area (TPSA) is 83.0 Å². The SMILES string of the molecule is CCOC(=O)c1c(C)[nH]c(C)c1C(=O)/C(C#N)=C/c1cccc(Br)c1. The van der Waals surface area contributed by atoms with Crippen molar-refractivity contribution in [3.05, 3.63) is 62.4 Å². The highest BCUT2D eigenvalue weighted by Crippen LogP contribution is 2.24. The van der Waals surface area contributed by atoms with Gasteiger partial charge in [0.05, 0.1) is 17.7 Å². The van der Waals surface area contributed by atoms with E-state index < -0.39 is 11.8 Å². The van der Waals surface area contributed by atoms with Crippen LogP contribution in [0.4, 0.5) is 0 Å². The van der Waals surface area contributed by atoms with Gasteiger partial charge in [0.1, 0.15) is 11.6 Å². The summed E-state index contributed by atoms with van der Waals surface area (Å²) in [6, 6.07) is 9.18. The molecule has 0 aliphatic rings. The molecule has 0 unspecified atom stereocenters. The maximum absolute atomic E-state index is 12.9. The summed E-state index contributed by atoms with van der Waals surface area (Å²) in [6.45, 7) is 5.29. The number of H-pyrrole nitrogens is 1. The first kappa shape index (κ1) is 18.7. The number of nitrogens with zero attached hydrogens (tertiary/aromatic N) is 1. The molecule has 0 spiro atoms. The van der Waals surface area contributed by atoms with E-state index in [4.69, 9.17) is 4.74 Å². The first-order valence-corrected chi connectivity index (χ1v) is 8.46. The van der Waals surface area contributed by atoms with E-state index in [1.54, 1.807) is 32.9 Å². The molecule has 0 saturated heterocycles. The quantitative estimate of drug-likeness (QED) is 0.349. The van der Waals surface area contributed by atoms with Gasteiger partial charge in [-0.1, -0.05) is 28.1 Å². The Morgan fingerprint density at radius 2 is 1.96 bits per heavy atom. The number of ketones is 1. The summed E-state index contributed by atoms with van der Waals surface area (Å²) in [6.07, 6.45) is 1.50. The van der Waals surface area contributed by atoms with Crippen LogP contribution in [0.15, 0.2) is 34.3 Å². The molecule has 1 aromatic heterocycles. The molecule has 5 nitrogen and oxygen atoms in total. The molecular weight excluding hydrogens is 384 g/mol. The van der Waals surface area contributed by atoms with E-state index in [1.165, 1.54) is 6.08 Å². The van der Waals surface area contributed by atoms with Gasteiger partial charge < -0.3 is 9.72 Å². The molecule has 2 aromatic rings. The second-order valence-electron chi connectivity index (χ2n) is 5.40. The third kappa shape index (κ3) is 4.06. The van der Waals surface area contributed by atoms with Crippen molar-refractivity contribution in [2.45, 2.75) is 20.8 Å². The second-order valence-corrected chi connectivity index (χ2v) is 6.32. The zero-order chi connectivity index (χ0) is 18.6. The monoisotopic (exact) mass is 400 g/mol. The summed E-state index contributed by atoms with van der Waals surface area (Å²) >= 11 is 3.36. The number of hydrogen-bond donors (Lipinski definition) is 1. The lowest BCUT2D eigenvalue weighted by Crippen LogP contribution is -2.13. The van der Waals surface area contributed by atoms with E-state index in [0.717, 1.165) is 4.47 Å². The average molecular weight is 401 g/mol. The number of carbonyl (C=O) groups excluding carboxylic acids is 2. The molecule has 6 heteroatoms. The lowest BCUT2D eigenvalue weighted by molar-refractivity contribution is 0.0523. The lowest BCUT2D eigenvalue weighted by Gasteiger charge is -2.05. The van der Waals surface area contributed by atoms with Gasteiger partial charge in [-0.3, -0.25) is 4.79 Å². The number of hydrogen-bond acceptors (Lipinski definition) is 4. The number of rotatable bonds is 5. The van der Waals surface area contributed by atoms with E-state index >= 15 is 0 Å². The number of carbonyl (C=O) groups is 2. The summed E-state index contributed by atoms with van der Waals surface area (Å²) < 4.78 is 5.88. The summed E-state index contributed by atoms with van der Waals surface area (Å²) in [5.41, 5.74) is 2.09. The Bertz CT molecular complexity index is 904. The van der Waals surface area contributed by atoms with Crippen LogP contribution in [0.25, 0.3) is 6.08 Å². The normalized spacial score (nSPS) is 11.1. The predicted octanol–water partition coefficient (Wildman–Crippen LogP) is 4.36. The number of benzene rings is 1. The second kappa shape index (κ2) is 7.95. The Hall–Kier alpha value is -2.65. The molecule has 0 saturated carbocycles. The number of nitrogens with one attached hydrogen (secondary N) is 1. The van der Waals surface area contributed by atoms with Crippen LogP contribution in [0.5, 0.6) is 0 Å². The number of esters is 1. The van der Waals surface area contributed by atoms with Gasteiger partial charge in [-0.15, -0.1) is 0 Å². The van der Waals surface area contributed by atoms with Gasteiger partial charge in [-0.05, 0) is 44.5 Å². The molecule has 1 N–H and O–H groups in total. The Morgan fingerprint density at radius 3 is 2.56 bits per heavy atom. The highest BCUT2D eigenvalue weighted by Gasteiger charge is 2.27. The highest BCUT2D eigenvalue weighted by atomic mass is 79.9. The minimum Gasteiger partial charge on any atom is -0.462 e. The molecule has 1 aromatic carbocycles. The minimum atomic E-state index is -0.576. The van der Waals surface area contributed by atoms with Gasteiger partial charge >= 0.3 is 5.97 Å². The number of aromatic amines is 1. The first-order chi connectivity index (χ1) is 11.9. The van der Waals surface area contributed by atoms with Crippen molar-refractivity contribution in [2.75, 3.05) is 6.61 Å². The maximum atomic E-state index is 12.9. The molecule has 1 heterocycles. The largest absolute Gasteiger partial charge is 0.462 e. The zero-order valence-electron chi connectivity index (χ0n) is 14.1. The lowest BCUT2D eigenvalue weighted by atomic mass is 9.98. The van der Waals surface area contributed by atoms with Crippen LogP contribution in [0.1, 0.15) is 44.6 Å². The number of Topliss-reactive ketones (excluding diaryl/α,β-unsaturated/α-hetero) is 1. The van der Waals surface area contributed by atoms with Crippen LogP contribution in [0.3, 0.4) is 0 Å². The van der Waals surface area contributed by atoms with Gasteiger partial charge in [-0.25, -0.2) is 4.79 Å². The fourth-order valence-corrected chi connectivity index (χ4v) is 2.99. The summed E-state index contributed by atoms with van der Waals surface area (Å²) in [5.74, 6) is -1.08. The molecule has 0 atom stereocenters. The molecule has 0 radical (unpaired) electrons. The van der Waals surface area contributed by atoms with Crippen LogP contribution in [-0.2, 0) is 4.74 Å². The third-order valence-corrected chi connectivity index (χ3v) is 4.10. The number of aromatic nitrogens is 1. The van der Waals surface area contributed by atoms with Crippen molar-refractivity contribution in [3.8, 4) is 6.07 Å². The van der Waals surface area contributed by atoms with Crippen molar-refractivity contribution >= 4 is 33.8 Å². The van der Waals surface area contributed by atoms with Crippen molar-refractivity contribution in [1.82, 2.24) is 4.98 Å². The van der Waals surface area contributed by atoms with Crippen molar-refractivity contribution in [2.24, 2.45) is 0 Å². The smallest absolute Gasteiger partial charge is 0.340 e. The van der Waals surface area contributed by atoms with Gasteiger partial charge in [0, 0.05) is 15.9 Å². The number of halogens is 1. The fourth-order valence-electron chi connectivity index (χ4n) is 2.57. The first-order valence-electron chi connectivity index (χ1n) is 7.67. The molecule has 25 heavy (non-hydrogen) atoms. The van der Waals surface area contributed by atoms with Crippen molar-refractivity contribution in [3.63, 3.8) is 0 Å². The Balaban J connectivity index is 2.52. The third-order valence-electron chi connectivity index (χ3n) is 3.61. The number of allylic oxidation sites excluding steroid dienone is 1. The predicted molar refractivity (Wildman–Crippen MR) is 98.3 cm³/mol. The number of nitriles is 1. The Labute approximate surface area is 154 Å². The number of aryl methyl sites for hydroxylation is 2. The summed E-state index contributed by atoms with van der Waals surface area (Å²) in [7, 11) is 0. The Morgan fingerprint density at radius 1 is 1.28 bits per heavy atom. The van der Waals surface area contributed by atoms with Crippen molar-refractivity contribution < 1.29 is 14.3 Å². The van der Waals surface area contributed by atoms with E-state index in [9.17, 15) is 14.9 Å². The molecule has 2 rings (SSSR count). The van der Waals surface area contributed by atoms with Gasteiger partial charge in [0.15, 0.2) is 0 Å². The minimum absolute atomic E-state index is 0.0502. The molecule has 0 bridgehead atoms. The standard InChI is InChI=1S/C19H17BrN2O3/c1-4-25-19(24)17-12(3)22-11(2)16(17)18(23)14(10-21)8-13-6-5-7-15(20)9-13/h5-9,22H,4H2,1-3H3/b14-8+. The fraction of sp³-hybridized carbons (Fsp3) is 0.211. The molecule has 0 aliphatic carbocycles. The maximum Gasteiger partial charge on any atom is 0.340 e. The van der Waals surface area contributed by atoms with Crippen LogP contribution in [0, 0.1) is 25.2 Å². The number of ether oxygens (including phenoxy) is 1. The van der Waals surface area contributed by atoms with Gasteiger partial charge in [0.25, 0.3) is 0 Å². The Kier molecular flexibility index (Phi) is 5.94. The zero-order valence-corrected chi connectivity index (χ0v) is 15.7. The van der Waals surface area contributed by atoms with Crippen LogP contribution in [-0.4, -0.2) is 23.3 Å². The molecule has 0 fully saturated rings. The summed E-state index contributed by atoms with van der Waals surface area (Å²) in [5, 5.41) is 9.44. The van der Waals surface area contributed by atoms with Crippen molar-refractivity contribution in [1.29, 1.82) is 5.26 Å². The van der Waals surface area contributed by atoms with Crippen LogP contribution in [0.2, 0.25) is 0 Å². The van der Waals surface area contributed by atoms with Crippen LogP contribution < -0.4 is 0 Å². The van der Waals surface area contributed by atoms with Crippen LogP contribution >= 0.6 is 15.9 Å².